The van der Waals surface area contributed by atoms with Crippen molar-refractivity contribution in [1.82, 2.24) is 14.8 Å². The number of nitrogens with two attached hydrogens (primary N) is 1. The van der Waals surface area contributed by atoms with E-state index in [1.54, 1.807) is 6.92 Å². The van der Waals surface area contributed by atoms with Crippen LogP contribution in [0, 0.1) is 11.6 Å². The number of hydrogen-bond acceptors (Lipinski definition) is 5. The van der Waals surface area contributed by atoms with Crippen LogP contribution in [0.4, 0.5) is 14.5 Å². The van der Waals surface area contributed by atoms with E-state index in [9.17, 15) is 18.4 Å². The second kappa shape index (κ2) is 8.03. The van der Waals surface area contributed by atoms with E-state index < -0.39 is 22.8 Å². The zero-order valence-electron chi connectivity index (χ0n) is 14.6. The molecule has 7 nitrogen and oxygen atoms in total. The number of hydrogen-bond donors (Lipinski definition) is 2. The third-order valence-electron chi connectivity index (χ3n) is 4.11. The van der Waals surface area contributed by atoms with Crippen molar-refractivity contribution in [2.45, 2.75) is 49.1 Å². The molecule has 27 heavy (non-hydrogen) atoms. The highest BCUT2D eigenvalue weighted by Gasteiger charge is 2.31. The van der Waals surface area contributed by atoms with Gasteiger partial charge in [-0.1, -0.05) is 11.8 Å². The van der Waals surface area contributed by atoms with Gasteiger partial charge in [-0.05, 0) is 31.9 Å². The molecule has 1 aliphatic carbocycles. The van der Waals surface area contributed by atoms with Crippen molar-refractivity contribution in [3.8, 4) is 0 Å². The third kappa shape index (κ3) is 4.82. The van der Waals surface area contributed by atoms with Gasteiger partial charge in [-0.2, -0.15) is 0 Å². The quantitative estimate of drug-likeness (QED) is 0.668. The van der Waals surface area contributed by atoms with Gasteiger partial charge in [-0.15, -0.1) is 10.2 Å². The van der Waals surface area contributed by atoms with Crippen LogP contribution in [-0.4, -0.2) is 31.8 Å². The summed E-state index contributed by atoms with van der Waals surface area (Å²) in [6.07, 6.45) is 2.19. The number of benzene rings is 1. The first kappa shape index (κ1) is 19.3. The molecule has 144 valence electrons. The Bertz CT molecular complexity index is 869. The van der Waals surface area contributed by atoms with Crippen LogP contribution in [0.2, 0.25) is 0 Å². The molecule has 0 spiro atoms. The normalized spacial score (nSPS) is 14.8. The lowest BCUT2D eigenvalue weighted by Crippen LogP contribution is -2.23. The average Bonchev–Trinajstić information content (AvgIpc) is 3.38. The molecule has 1 atom stereocenters. The minimum atomic E-state index is -1.03. The second-order valence-electron chi connectivity index (χ2n) is 6.36. The number of rotatable bonds is 8. The fourth-order valence-corrected chi connectivity index (χ4v) is 3.37. The molecular weight excluding hydrogens is 376 g/mol. The maximum atomic E-state index is 13.3. The molecule has 1 aromatic heterocycles. The van der Waals surface area contributed by atoms with Gasteiger partial charge in [0, 0.05) is 30.6 Å². The predicted molar refractivity (Wildman–Crippen MR) is 96.1 cm³/mol. The summed E-state index contributed by atoms with van der Waals surface area (Å²) in [7, 11) is 0. The van der Waals surface area contributed by atoms with Crippen molar-refractivity contribution in [2.75, 3.05) is 5.32 Å². The number of aromatic nitrogens is 3. The molecule has 10 heteroatoms. The van der Waals surface area contributed by atoms with Gasteiger partial charge in [-0.25, -0.2) is 8.78 Å². The number of carbonyl (C=O) groups excluding carboxylic acids is 2. The molecule has 1 heterocycles. The number of amides is 2. The monoisotopic (exact) mass is 395 g/mol. The van der Waals surface area contributed by atoms with Crippen LogP contribution in [0.3, 0.4) is 0 Å². The summed E-state index contributed by atoms with van der Waals surface area (Å²) in [5.74, 6) is -1.70. The van der Waals surface area contributed by atoms with Gasteiger partial charge in [0.1, 0.15) is 5.82 Å². The van der Waals surface area contributed by atoms with Gasteiger partial charge in [-0.3, -0.25) is 9.59 Å². The molecule has 0 bridgehead atoms. The Balaban J connectivity index is 1.69. The molecule has 1 saturated carbocycles. The number of primary amides is 1. The van der Waals surface area contributed by atoms with Crippen molar-refractivity contribution >= 4 is 29.3 Å². The lowest BCUT2D eigenvalue weighted by molar-refractivity contribution is -0.118. The van der Waals surface area contributed by atoms with E-state index in [-0.39, 0.29) is 18.0 Å². The Hall–Kier alpha value is -2.49. The Morgan fingerprint density at radius 2 is 2.07 bits per heavy atom. The highest BCUT2D eigenvalue weighted by atomic mass is 32.2. The van der Waals surface area contributed by atoms with Crippen molar-refractivity contribution in [2.24, 2.45) is 5.73 Å². The average molecular weight is 395 g/mol. The van der Waals surface area contributed by atoms with Gasteiger partial charge < -0.3 is 15.6 Å². The van der Waals surface area contributed by atoms with E-state index in [1.165, 1.54) is 17.8 Å². The van der Waals surface area contributed by atoms with E-state index in [2.05, 4.69) is 15.5 Å². The van der Waals surface area contributed by atoms with Crippen molar-refractivity contribution in [3.63, 3.8) is 0 Å². The van der Waals surface area contributed by atoms with E-state index in [4.69, 9.17) is 5.73 Å². The first-order chi connectivity index (χ1) is 12.8. The van der Waals surface area contributed by atoms with Crippen molar-refractivity contribution < 1.29 is 18.4 Å². The molecule has 1 fully saturated rings. The van der Waals surface area contributed by atoms with Gasteiger partial charge in [0.2, 0.25) is 11.8 Å². The van der Waals surface area contributed by atoms with E-state index >= 15 is 0 Å². The summed E-state index contributed by atoms with van der Waals surface area (Å²) in [5, 5.41) is 10.8. The zero-order chi connectivity index (χ0) is 19.6. The minimum absolute atomic E-state index is 0.154. The summed E-state index contributed by atoms with van der Waals surface area (Å²) in [6, 6.07) is 3.16. The maximum Gasteiger partial charge on any atom is 0.237 e. The first-order valence-corrected chi connectivity index (χ1v) is 9.37. The Labute approximate surface area is 158 Å². The lowest BCUT2D eigenvalue weighted by atomic mass is 10.3. The van der Waals surface area contributed by atoms with E-state index in [0.717, 1.165) is 30.8 Å². The van der Waals surface area contributed by atoms with Crippen LogP contribution in [0.25, 0.3) is 0 Å². The predicted octanol–water partition coefficient (Wildman–Crippen LogP) is 2.43. The summed E-state index contributed by atoms with van der Waals surface area (Å²) >= 11 is 1.18. The van der Waals surface area contributed by atoms with Crippen LogP contribution in [-0.2, 0) is 16.1 Å². The van der Waals surface area contributed by atoms with Crippen LogP contribution in [0.15, 0.2) is 23.4 Å². The zero-order valence-corrected chi connectivity index (χ0v) is 15.4. The van der Waals surface area contributed by atoms with Crippen LogP contribution in [0.1, 0.15) is 37.9 Å². The molecule has 3 rings (SSSR count). The number of carbonyl (C=O) groups is 2. The summed E-state index contributed by atoms with van der Waals surface area (Å²) in [5.41, 5.74) is 5.40. The lowest BCUT2D eigenvalue weighted by Gasteiger charge is -2.13. The largest absolute Gasteiger partial charge is 0.370 e. The topological polar surface area (TPSA) is 103 Å². The highest BCUT2D eigenvalue weighted by Crippen LogP contribution is 2.40. The Morgan fingerprint density at radius 3 is 2.70 bits per heavy atom. The standard InChI is InChI=1S/C17H19F2N5O2S/c1-9(16(26)21-11-4-5-12(18)13(19)8-11)27-17-23-22-15(10-2-3-10)24(17)7-6-14(20)25/h4-5,8-10H,2-3,6-7H2,1H3,(H2,20,25)(H,21,26). The molecule has 2 aromatic rings. The van der Waals surface area contributed by atoms with Crippen molar-refractivity contribution in [3.05, 3.63) is 35.7 Å². The smallest absolute Gasteiger partial charge is 0.237 e. The van der Waals surface area contributed by atoms with E-state index in [0.29, 0.717) is 17.6 Å². The molecule has 0 aliphatic heterocycles. The molecule has 0 radical (unpaired) electrons. The first-order valence-electron chi connectivity index (χ1n) is 8.49. The molecule has 0 saturated heterocycles. The molecule has 1 unspecified atom stereocenters. The second-order valence-corrected chi connectivity index (χ2v) is 7.67. The molecule has 3 N–H and O–H groups in total. The van der Waals surface area contributed by atoms with Crippen LogP contribution < -0.4 is 11.1 Å². The number of halogens is 2. The van der Waals surface area contributed by atoms with Gasteiger partial charge in [0.15, 0.2) is 16.8 Å². The molecule has 2 amide bonds. The summed E-state index contributed by atoms with van der Waals surface area (Å²) < 4.78 is 28.1. The molecular formula is C17H19F2N5O2S. The SMILES string of the molecule is CC(Sc1nnc(C2CC2)n1CCC(N)=O)C(=O)Nc1ccc(F)c(F)c1. The number of nitrogens with zero attached hydrogens (tertiary/aromatic N) is 3. The molecule has 1 aromatic carbocycles. The summed E-state index contributed by atoms with van der Waals surface area (Å²) in [6.45, 7) is 2.03. The highest BCUT2D eigenvalue weighted by molar-refractivity contribution is 8.00. The van der Waals surface area contributed by atoms with Crippen LogP contribution >= 0.6 is 11.8 Å². The fraction of sp³-hybridized carbons (Fsp3) is 0.412. The fourth-order valence-electron chi connectivity index (χ4n) is 2.49. The maximum absolute atomic E-state index is 13.3. The number of anilines is 1. The van der Waals surface area contributed by atoms with Gasteiger partial charge in [0.25, 0.3) is 0 Å². The Kier molecular flexibility index (Phi) is 5.73. The van der Waals surface area contributed by atoms with Gasteiger partial charge in [0.05, 0.1) is 5.25 Å². The minimum Gasteiger partial charge on any atom is -0.370 e. The molecule has 1 aliphatic rings. The Morgan fingerprint density at radius 1 is 1.33 bits per heavy atom. The van der Waals surface area contributed by atoms with Crippen LogP contribution in [0.5, 0.6) is 0 Å². The van der Waals surface area contributed by atoms with E-state index in [1.807, 2.05) is 4.57 Å². The number of thioether (sulfide) groups is 1. The third-order valence-corrected chi connectivity index (χ3v) is 5.19. The number of nitrogens with one attached hydrogen (secondary N) is 1. The summed E-state index contributed by atoms with van der Waals surface area (Å²) in [4.78, 5) is 23.5. The van der Waals surface area contributed by atoms with Gasteiger partial charge >= 0.3 is 0 Å². The van der Waals surface area contributed by atoms with Crippen molar-refractivity contribution in [1.29, 1.82) is 0 Å².